The molecule has 0 aromatic heterocycles. The van der Waals surface area contributed by atoms with Gasteiger partial charge in [0.05, 0.1) is 9.95 Å². The molecule has 3 unspecified atom stereocenters. The van der Waals surface area contributed by atoms with Crippen LogP contribution in [0.15, 0.2) is 18.2 Å². The van der Waals surface area contributed by atoms with Crippen LogP contribution < -0.4 is 4.74 Å². The first-order chi connectivity index (χ1) is 8.88. The normalized spacial score (nSPS) is 29.7. The standard InChI is InChI=1S/C13H15BrClNO3/c1-3-13(2)11(14)7-12(13)19-10-5-4-8(16(17)18)6-9(10)15/h4-6,11-12H,3,7H2,1-2H3. The monoisotopic (exact) mass is 347 g/mol. The Kier molecular flexibility index (Phi) is 4.06. The Hall–Kier alpha value is -0.810. The number of rotatable bonds is 4. The van der Waals surface area contributed by atoms with Crippen LogP contribution in [0.25, 0.3) is 0 Å². The zero-order valence-corrected chi connectivity index (χ0v) is 13.1. The quantitative estimate of drug-likeness (QED) is 0.454. The maximum absolute atomic E-state index is 10.6. The molecule has 1 fully saturated rings. The number of halogens is 2. The number of non-ortho nitro benzene ring substituents is 1. The number of hydrogen-bond donors (Lipinski definition) is 0. The molecule has 1 saturated carbocycles. The van der Waals surface area contributed by atoms with Gasteiger partial charge in [0.2, 0.25) is 0 Å². The summed E-state index contributed by atoms with van der Waals surface area (Å²) in [5.41, 5.74) is 0.0491. The van der Waals surface area contributed by atoms with E-state index >= 15 is 0 Å². The molecule has 1 aromatic rings. The predicted molar refractivity (Wildman–Crippen MR) is 78.3 cm³/mol. The molecule has 0 saturated heterocycles. The molecule has 0 N–H and O–H groups in total. The lowest BCUT2D eigenvalue weighted by molar-refractivity contribution is -0.384. The lowest BCUT2D eigenvalue weighted by atomic mass is 9.65. The summed E-state index contributed by atoms with van der Waals surface area (Å²) in [6.45, 7) is 4.29. The topological polar surface area (TPSA) is 52.4 Å². The first-order valence-electron chi connectivity index (χ1n) is 6.13. The number of ether oxygens (including phenoxy) is 1. The summed E-state index contributed by atoms with van der Waals surface area (Å²) < 4.78 is 5.91. The van der Waals surface area contributed by atoms with E-state index in [1.807, 2.05) is 0 Å². The highest BCUT2D eigenvalue weighted by Gasteiger charge is 2.51. The van der Waals surface area contributed by atoms with Crippen molar-refractivity contribution >= 4 is 33.2 Å². The third kappa shape index (κ3) is 2.58. The summed E-state index contributed by atoms with van der Waals surface area (Å²) in [6, 6.07) is 4.30. The van der Waals surface area contributed by atoms with Gasteiger partial charge in [-0.05, 0) is 18.9 Å². The largest absolute Gasteiger partial charge is 0.488 e. The van der Waals surface area contributed by atoms with Gasteiger partial charge in [0.1, 0.15) is 11.9 Å². The molecular weight excluding hydrogens is 334 g/mol. The van der Waals surface area contributed by atoms with Crippen LogP contribution in [-0.2, 0) is 0 Å². The predicted octanol–water partition coefficient (Wildman–Crippen LogP) is 4.58. The zero-order chi connectivity index (χ0) is 14.2. The third-order valence-electron chi connectivity index (χ3n) is 4.03. The van der Waals surface area contributed by atoms with Crippen molar-refractivity contribution in [3.63, 3.8) is 0 Å². The first-order valence-corrected chi connectivity index (χ1v) is 7.42. The minimum atomic E-state index is -0.469. The molecule has 3 atom stereocenters. The van der Waals surface area contributed by atoms with E-state index in [4.69, 9.17) is 16.3 Å². The van der Waals surface area contributed by atoms with E-state index in [9.17, 15) is 10.1 Å². The molecule has 0 bridgehead atoms. The Bertz CT molecular complexity index is 511. The summed E-state index contributed by atoms with van der Waals surface area (Å²) in [5, 5.41) is 10.9. The molecule has 4 nitrogen and oxygen atoms in total. The van der Waals surface area contributed by atoms with Crippen LogP contribution in [0.2, 0.25) is 5.02 Å². The van der Waals surface area contributed by atoms with Crippen LogP contribution >= 0.6 is 27.5 Å². The molecule has 6 heteroatoms. The highest BCUT2D eigenvalue weighted by molar-refractivity contribution is 9.09. The Morgan fingerprint density at radius 2 is 2.32 bits per heavy atom. The van der Waals surface area contributed by atoms with Gasteiger partial charge in [-0.1, -0.05) is 41.4 Å². The van der Waals surface area contributed by atoms with Gasteiger partial charge in [0.25, 0.3) is 5.69 Å². The molecule has 0 aliphatic heterocycles. The van der Waals surface area contributed by atoms with Gasteiger partial charge >= 0.3 is 0 Å². The fraction of sp³-hybridized carbons (Fsp3) is 0.538. The van der Waals surface area contributed by atoms with Crippen LogP contribution in [0, 0.1) is 15.5 Å². The van der Waals surface area contributed by atoms with Crippen molar-refractivity contribution in [2.75, 3.05) is 0 Å². The van der Waals surface area contributed by atoms with Crippen LogP contribution in [0.4, 0.5) is 5.69 Å². The molecule has 0 radical (unpaired) electrons. The Morgan fingerprint density at radius 1 is 1.63 bits per heavy atom. The summed E-state index contributed by atoms with van der Waals surface area (Å²) in [6.07, 6.45) is 2.00. The molecular formula is C13H15BrClNO3. The lowest BCUT2D eigenvalue weighted by Crippen LogP contribution is -2.54. The van der Waals surface area contributed by atoms with Crippen LogP contribution in [-0.4, -0.2) is 15.9 Å². The van der Waals surface area contributed by atoms with Gasteiger partial charge in [-0.3, -0.25) is 10.1 Å². The van der Waals surface area contributed by atoms with Crippen molar-refractivity contribution in [3.8, 4) is 5.75 Å². The van der Waals surface area contributed by atoms with Gasteiger partial charge in [0, 0.05) is 22.4 Å². The molecule has 1 aromatic carbocycles. The van der Waals surface area contributed by atoms with Gasteiger partial charge in [-0.15, -0.1) is 0 Å². The summed E-state index contributed by atoms with van der Waals surface area (Å²) in [7, 11) is 0. The second-order valence-electron chi connectivity index (χ2n) is 5.04. The van der Waals surface area contributed by atoms with Crippen LogP contribution in [0.1, 0.15) is 26.7 Å². The molecule has 2 rings (SSSR count). The third-order valence-corrected chi connectivity index (χ3v) is 5.74. The second-order valence-corrected chi connectivity index (χ2v) is 6.55. The number of alkyl halides is 1. The fourth-order valence-electron chi connectivity index (χ4n) is 2.25. The first kappa shape index (κ1) is 14.6. The molecule has 0 spiro atoms. The minimum absolute atomic E-state index is 0.0254. The van der Waals surface area contributed by atoms with Gasteiger partial charge < -0.3 is 4.74 Å². The van der Waals surface area contributed by atoms with Crippen molar-refractivity contribution < 1.29 is 9.66 Å². The summed E-state index contributed by atoms with van der Waals surface area (Å²) in [5.74, 6) is 0.511. The number of nitro benzene ring substituents is 1. The highest BCUT2D eigenvalue weighted by atomic mass is 79.9. The molecule has 0 heterocycles. The van der Waals surface area contributed by atoms with E-state index in [2.05, 4.69) is 29.8 Å². The Balaban J connectivity index is 2.15. The lowest BCUT2D eigenvalue weighted by Gasteiger charge is -2.50. The Morgan fingerprint density at radius 3 is 2.79 bits per heavy atom. The van der Waals surface area contributed by atoms with E-state index in [-0.39, 0.29) is 22.2 Å². The highest BCUT2D eigenvalue weighted by Crippen LogP contribution is 2.50. The zero-order valence-electron chi connectivity index (χ0n) is 10.7. The van der Waals surface area contributed by atoms with Crippen molar-refractivity contribution in [1.29, 1.82) is 0 Å². The Labute approximate surface area is 125 Å². The summed E-state index contributed by atoms with van der Waals surface area (Å²) in [4.78, 5) is 10.6. The number of nitro groups is 1. The smallest absolute Gasteiger partial charge is 0.271 e. The molecule has 104 valence electrons. The van der Waals surface area contributed by atoms with E-state index in [1.165, 1.54) is 12.1 Å². The van der Waals surface area contributed by atoms with Gasteiger partial charge in [-0.25, -0.2) is 0 Å². The molecule has 1 aliphatic rings. The minimum Gasteiger partial charge on any atom is -0.488 e. The fourth-order valence-corrected chi connectivity index (χ4v) is 3.43. The van der Waals surface area contributed by atoms with Gasteiger partial charge in [0.15, 0.2) is 0 Å². The number of nitrogens with zero attached hydrogens (tertiary/aromatic N) is 1. The van der Waals surface area contributed by atoms with E-state index < -0.39 is 4.92 Å². The van der Waals surface area contributed by atoms with E-state index in [1.54, 1.807) is 6.07 Å². The average Bonchev–Trinajstić information content (AvgIpc) is 2.38. The summed E-state index contributed by atoms with van der Waals surface area (Å²) >= 11 is 9.67. The number of benzene rings is 1. The maximum atomic E-state index is 10.6. The second kappa shape index (κ2) is 5.29. The van der Waals surface area contributed by atoms with Crippen LogP contribution in [0.3, 0.4) is 0 Å². The van der Waals surface area contributed by atoms with E-state index in [0.29, 0.717) is 10.6 Å². The van der Waals surface area contributed by atoms with Crippen molar-refractivity contribution in [3.05, 3.63) is 33.3 Å². The van der Waals surface area contributed by atoms with E-state index in [0.717, 1.165) is 12.8 Å². The molecule has 1 aliphatic carbocycles. The van der Waals surface area contributed by atoms with Crippen molar-refractivity contribution in [2.24, 2.45) is 5.41 Å². The SMILES string of the molecule is CCC1(C)C(Br)CC1Oc1ccc([N+](=O)[O-])cc1Cl. The van der Waals surface area contributed by atoms with Gasteiger partial charge in [-0.2, -0.15) is 0 Å². The average molecular weight is 349 g/mol. The van der Waals surface area contributed by atoms with Crippen molar-refractivity contribution in [2.45, 2.75) is 37.6 Å². The van der Waals surface area contributed by atoms with Crippen molar-refractivity contribution in [1.82, 2.24) is 0 Å². The molecule has 19 heavy (non-hydrogen) atoms. The maximum Gasteiger partial charge on any atom is 0.271 e. The number of hydrogen-bond acceptors (Lipinski definition) is 3. The van der Waals surface area contributed by atoms with Crippen LogP contribution in [0.5, 0.6) is 5.75 Å². The molecule has 0 amide bonds.